The maximum atomic E-state index is 11.8. The van der Waals surface area contributed by atoms with Gasteiger partial charge >= 0.3 is 6.09 Å². The number of allylic oxidation sites excluding steroid dienone is 1. The first-order valence-corrected chi connectivity index (χ1v) is 6.43. The smallest absolute Gasteiger partial charge is 0.408 e. The van der Waals surface area contributed by atoms with Gasteiger partial charge in [-0.05, 0) is 58.3 Å². The highest BCUT2D eigenvalue weighted by atomic mass is 16.6. The minimum Gasteiger partial charge on any atom is -0.444 e. The third kappa shape index (κ3) is 2.48. The summed E-state index contributed by atoms with van der Waals surface area (Å²) in [5, 5.41) is 3.09. The number of alkyl carbamates (subject to hydrolysis) is 1. The van der Waals surface area contributed by atoms with Crippen LogP contribution in [0.5, 0.6) is 0 Å². The number of carbonyl (C=O) groups excluding carboxylic acids is 1. The highest BCUT2D eigenvalue weighted by molar-refractivity contribution is 5.69. The summed E-state index contributed by atoms with van der Waals surface area (Å²) in [4.78, 5) is 11.8. The fourth-order valence-electron chi connectivity index (χ4n) is 3.22. The van der Waals surface area contributed by atoms with E-state index in [2.05, 4.69) is 18.0 Å². The molecule has 2 bridgehead atoms. The van der Waals surface area contributed by atoms with Crippen molar-refractivity contribution in [3.8, 4) is 0 Å². The molecule has 0 unspecified atom stereocenters. The maximum absolute atomic E-state index is 11.8. The second kappa shape index (κ2) is 3.76. The molecule has 1 amide bonds. The summed E-state index contributed by atoms with van der Waals surface area (Å²) in [6.45, 7) is 9.61. The van der Waals surface area contributed by atoms with Gasteiger partial charge in [-0.25, -0.2) is 4.79 Å². The first kappa shape index (κ1) is 12.5. The fourth-order valence-corrected chi connectivity index (χ4v) is 3.22. The third-order valence-corrected chi connectivity index (χ3v) is 4.09. The average Bonchev–Trinajstić information content (AvgIpc) is 2.70. The molecule has 2 rings (SSSR count). The Labute approximate surface area is 104 Å². The van der Waals surface area contributed by atoms with Crippen LogP contribution in [0.25, 0.3) is 0 Å². The molecule has 2 aliphatic carbocycles. The van der Waals surface area contributed by atoms with Crippen LogP contribution in [0.3, 0.4) is 0 Å². The Hall–Kier alpha value is -0.990. The van der Waals surface area contributed by atoms with Gasteiger partial charge in [0.1, 0.15) is 5.60 Å². The molecule has 0 heterocycles. The molecule has 0 aromatic rings. The quantitative estimate of drug-likeness (QED) is 0.747. The zero-order valence-electron chi connectivity index (χ0n) is 11.1. The van der Waals surface area contributed by atoms with E-state index in [-0.39, 0.29) is 17.0 Å². The van der Waals surface area contributed by atoms with Crippen LogP contribution < -0.4 is 5.32 Å². The van der Waals surface area contributed by atoms with E-state index < -0.39 is 5.60 Å². The van der Waals surface area contributed by atoms with Crippen molar-refractivity contribution in [2.45, 2.75) is 64.0 Å². The van der Waals surface area contributed by atoms with E-state index in [1.807, 2.05) is 20.8 Å². The normalized spacial score (nSPS) is 35.7. The molecule has 3 nitrogen and oxygen atoms in total. The molecular weight excluding hydrogens is 214 g/mol. The van der Waals surface area contributed by atoms with Crippen LogP contribution >= 0.6 is 0 Å². The van der Waals surface area contributed by atoms with Crippen molar-refractivity contribution in [1.82, 2.24) is 5.32 Å². The lowest BCUT2D eigenvalue weighted by molar-refractivity contribution is 0.0458. The summed E-state index contributed by atoms with van der Waals surface area (Å²) in [5.74, 6) is 0. The van der Waals surface area contributed by atoms with E-state index in [9.17, 15) is 4.79 Å². The van der Waals surface area contributed by atoms with Crippen molar-refractivity contribution < 1.29 is 9.53 Å². The predicted octanol–water partition coefficient (Wildman–Crippen LogP) is 3.40. The zero-order chi connectivity index (χ0) is 12.7. The summed E-state index contributed by atoms with van der Waals surface area (Å²) < 4.78 is 5.34. The third-order valence-electron chi connectivity index (χ3n) is 4.09. The van der Waals surface area contributed by atoms with Crippen LogP contribution in [-0.2, 0) is 4.74 Å². The zero-order valence-corrected chi connectivity index (χ0v) is 11.1. The molecule has 2 fully saturated rings. The largest absolute Gasteiger partial charge is 0.444 e. The molecular formula is C14H23NO2. The van der Waals surface area contributed by atoms with Crippen LogP contribution in [0.1, 0.15) is 52.9 Å². The fraction of sp³-hybridized carbons (Fsp3) is 0.786. The van der Waals surface area contributed by atoms with E-state index in [1.54, 1.807) is 0 Å². The Kier molecular flexibility index (Phi) is 2.75. The molecule has 17 heavy (non-hydrogen) atoms. The standard InChI is InChI=1S/C14H23NO2/c1-5-13-6-8-14(10-13,9-7-13)15-11(16)17-12(2,3)4/h5H,1,6-10H2,2-4H3,(H,15,16). The number of fused-ring (bicyclic) bond motifs is 2. The van der Waals surface area contributed by atoms with Gasteiger partial charge in [0.15, 0.2) is 0 Å². The second-order valence-electron chi connectivity index (χ2n) is 6.65. The average molecular weight is 237 g/mol. The molecule has 2 saturated carbocycles. The van der Waals surface area contributed by atoms with Crippen molar-refractivity contribution in [2.24, 2.45) is 5.41 Å². The lowest BCUT2D eigenvalue weighted by atomic mass is 9.84. The van der Waals surface area contributed by atoms with Crippen LogP contribution in [-0.4, -0.2) is 17.2 Å². The van der Waals surface area contributed by atoms with Crippen LogP contribution in [0.4, 0.5) is 4.79 Å². The molecule has 0 radical (unpaired) electrons. The number of hydrogen-bond donors (Lipinski definition) is 1. The summed E-state index contributed by atoms with van der Waals surface area (Å²) in [5.41, 5.74) is -0.182. The molecule has 2 aliphatic rings. The predicted molar refractivity (Wildman–Crippen MR) is 67.8 cm³/mol. The van der Waals surface area contributed by atoms with E-state index in [0.717, 1.165) is 32.1 Å². The lowest BCUT2D eigenvalue weighted by Gasteiger charge is -2.29. The van der Waals surface area contributed by atoms with Crippen molar-refractivity contribution in [2.75, 3.05) is 0 Å². The van der Waals surface area contributed by atoms with Crippen molar-refractivity contribution >= 4 is 6.09 Å². The Morgan fingerprint density at radius 2 is 1.88 bits per heavy atom. The van der Waals surface area contributed by atoms with Gasteiger partial charge in [0.2, 0.25) is 0 Å². The molecule has 1 N–H and O–H groups in total. The molecule has 0 saturated heterocycles. The first-order chi connectivity index (χ1) is 7.78. The van der Waals surface area contributed by atoms with Crippen molar-refractivity contribution in [1.29, 1.82) is 0 Å². The molecule has 0 spiro atoms. The number of hydrogen-bond acceptors (Lipinski definition) is 2. The van der Waals surface area contributed by atoms with Crippen LogP contribution in [0.2, 0.25) is 0 Å². The van der Waals surface area contributed by atoms with Gasteiger partial charge in [0.05, 0.1) is 0 Å². The highest BCUT2D eigenvalue weighted by Crippen LogP contribution is 2.57. The van der Waals surface area contributed by atoms with Gasteiger partial charge < -0.3 is 10.1 Å². The Bertz CT molecular complexity index is 333. The lowest BCUT2D eigenvalue weighted by Crippen LogP contribution is -2.47. The Balaban J connectivity index is 1.97. The number of nitrogens with one attached hydrogen (secondary N) is 1. The van der Waals surface area contributed by atoms with Gasteiger partial charge in [-0.15, -0.1) is 6.58 Å². The molecule has 0 aliphatic heterocycles. The summed E-state index contributed by atoms with van der Waals surface area (Å²) >= 11 is 0. The minimum atomic E-state index is -0.423. The Morgan fingerprint density at radius 3 is 2.29 bits per heavy atom. The van der Waals surface area contributed by atoms with E-state index in [0.29, 0.717) is 0 Å². The molecule has 96 valence electrons. The summed E-state index contributed by atoms with van der Waals surface area (Å²) in [7, 11) is 0. The Morgan fingerprint density at radius 1 is 1.29 bits per heavy atom. The first-order valence-electron chi connectivity index (χ1n) is 6.43. The monoisotopic (exact) mass is 237 g/mol. The summed E-state index contributed by atoms with van der Waals surface area (Å²) in [6, 6.07) is 0. The van der Waals surface area contributed by atoms with Gasteiger partial charge in [-0.3, -0.25) is 0 Å². The number of ether oxygens (including phenoxy) is 1. The molecule has 0 aromatic carbocycles. The van der Waals surface area contributed by atoms with Gasteiger partial charge in [0.25, 0.3) is 0 Å². The number of carbonyl (C=O) groups is 1. The minimum absolute atomic E-state index is 0.0312. The van der Waals surface area contributed by atoms with E-state index in [1.165, 1.54) is 0 Å². The number of rotatable bonds is 2. The molecule has 0 atom stereocenters. The van der Waals surface area contributed by atoms with Crippen molar-refractivity contribution in [3.63, 3.8) is 0 Å². The maximum Gasteiger partial charge on any atom is 0.408 e. The highest BCUT2D eigenvalue weighted by Gasteiger charge is 2.53. The van der Waals surface area contributed by atoms with Crippen LogP contribution in [0, 0.1) is 5.41 Å². The molecule has 3 heteroatoms. The van der Waals surface area contributed by atoms with Crippen molar-refractivity contribution in [3.05, 3.63) is 12.7 Å². The SMILES string of the molecule is C=CC12CCC(NC(=O)OC(C)(C)C)(CC1)C2. The van der Waals surface area contributed by atoms with Gasteiger partial charge in [-0.1, -0.05) is 6.08 Å². The summed E-state index contributed by atoms with van der Waals surface area (Å²) in [6.07, 6.45) is 7.23. The topological polar surface area (TPSA) is 38.3 Å². The molecule has 0 aromatic heterocycles. The van der Waals surface area contributed by atoms with Crippen LogP contribution in [0.15, 0.2) is 12.7 Å². The second-order valence-corrected chi connectivity index (χ2v) is 6.65. The van der Waals surface area contributed by atoms with Gasteiger partial charge in [0, 0.05) is 5.54 Å². The van der Waals surface area contributed by atoms with E-state index >= 15 is 0 Å². The number of amides is 1. The van der Waals surface area contributed by atoms with Gasteiger partial charge in [-0.2, -0.15) is 0 Å². The van der Waals surface area contributed by atoms with E-state index in [4.69, 9.17) is 4.74 Å².